The van der Waals surface area contributed by atoms with Crippen molar-refractivity contribution < 1.29 is 9.53 Å². The van der Waals surface area contributed by atoms with Crippen LogP contribution in [0.3, 0.4) is 0 Å². The molecule has 0 aliphatic heterocycles. The molecule has 0 aromatic rings. The number of hydrogen-bond acceptors (Lipinski definition) is 2. The quantitative estimate of drug-likeness (QED) is 0.320. The summed E-state index contributed by atoms with van der Waals surface area (Å²) in [7, 11) is 0. The molecule has 0 amide bonds. The van der Waals surface area contributed by atoms with Crippen LogP contribution in [0.1, 0.15) is 13.3 Å². The Morgan fingerprint density at radius 3 is 2.89 bits per heavy atom. The van der Waals surface area contributed by atoms with Gasteiger partial charge in [0.05, 0.1) is 13.0 Å². The third kappa shape index (κ3) is 6.96. The van der Waals surface area contributed by atoms with Gasteiger partial charge in [0.25, 0.3) is 0 Å². The fraction of sp³-hybridized carbons (Fsp3) is 0.667. The second-order valence-electron chi connectivity index (χ2n) is 1.58. The lowest BCUT2D eigenvalue weighted by molar-refractivity contribution is -0.140. The molecule has 0 radical (unpaired) electrons. The molecule has 0 unspecified atom stereocenters. The van der Waals surface area contributed by atoms with E-state index in [9.17, 15) is 4.79 Å². The van der Waals surface area contributed by atoms with Gasteiger partial charge in [-0.25, -0.2) is 6.57 Å². The van der Waals surface area contributed by atoms with Crippen LogP contribution in [0.25, 0.3) is 4.85 Å². The van der Waals surface area contributed by atoms with Gasteiger partial charge in [-0.05, 0) is 0 Å². The van der Waals surface area contributed by atoms with E-state index >= 15 is 0 Å². The molecule has 0 heterocycles. The smallest absolute Gasteiger partial charge is 0.302 e. The first kappa shape index (κ1) is 7.96. The van der Waals surface area contributed by atoms with Crippen molar-refractivity contribution in [2.45, 2.75) is 13.3 Å². The average Bonchev–Trinajstić information content (AvgIpc) is 1.80. The van der Waals surface area contributed by atoms with Crippen LogP contribution in [0.5, 0.6) is 0 Å². The highest BCUT2D eigenvalue weighted by atomic mass is 16.5. The molecular weight excluding hydrogens is 118 g/mol. The predicted molar refractivity (Wildman–Crippen MR) is 32.7 cm³/mol. The molecule has 3 heteroatoms. The number of rotatable bonds is 3. The first-order chi connectivity index (χ1) is 4.27. The zero-order valence-electron chi connectivity index (χ0n) is 5.39. The fourth-order valence-electron chi connectivity index (χ4n) is 0.360. The highest BCUT2D eigenvalue weighted by Gasteiger charge is 1.91. The molecule has 0 spiro atoms. The third-order valence-electron chi connectivity index (χ3n) is 0.720. The van der Waals surface area contributed by atoms with Gasteiger partial charge in [-0.3, -0.25) is 4.79 Å². The predicted octanol–water partition coefficient (Wildman–Crippen LogP) is 0.859. The standard InChI is InChI=1S/C6H9NO2/c1-6(8)9-5-3-4-7-2/h3-5H2,1H3. The van der Waals surface area contributed by atoms with Crippen LogP contribution in [-0.2, 0) is 9.53 Å². The summed E-state index contributed by atoms with van der Waals surface area (Å²) in [6.45, 7) is 8.54. The lowest BCUT2D eigenvalue weighted by atomic mass is 10.5. The van der Waals surface area contributed by atoms with Gasteiger partial charge in [0, 0.05) is 6.92 Å². The molecule has 9 heavy (non-hydrogen) atoms. The van der Waals surface area contributed by atoms with Crippen LogP contribution in [-0.4, -0.2) is 19.1 Å². The van der Waals surface area contributed by atoms with E-state index in [1.54, 1.807) is 0 Å². The Bertz CT molecular complexity index is 126. The number of esters is 1. The van der Waals surface area contributed by atoms with Gasteiger partial charge < -0.3 is 9.58 Å². The molecule has 0 aromatic heterocycles. The SMILES string of the molecule is [C-]#[N+]CCCOC(C)=O. The largest absolute Gasteiger partial charge is 0.466 e. The number of carbonyl (C=O) groups is 1. The van der Waals surface area contributed by atoms with Crippen LogP contribution >= 0.6 is 0 Å². The molecule has 0 rings (SSSR count). The molecule has 0 aliphatic carbocycles. The van der Waals surface area contributed by atoms with Crippen molar-refractivity contribution >= 4 is 5.97 Å². The van der Waals surface area contributed by atoms with E-state index in [2.05, 4.69) is 9.58 Å². The molecule has 0 N–H and O–H groups in total. The molecule has 0 saturated heterocycles. The minimum atomic E-state index is -0.278. The highest BCUT2D eigenvalue weighted by Crippen LogP contribution is 1.83. The van der Waals surface area contributed by atoms with Gasteiger partial charge in [-0.2, -0.15) is 0 Å². The van der Waals surface area contributed by atoms with Crippen LogP contribution in [0, 0.1) is 6.57 Å². The Morgan fingerprint density at radius 2 is 2.44 bits per heavy atom. The summed E-state index contributed by atoms with van der Waals surface area (Å²) in [6.07, 6.45) is 0.642. The molecule has 0 aromatic carbocycles. The van der Waals surface area contributed by atoms with E-state index in [1.807, 2.05) is 0 Å². The second kappa shape index (κ2) is 5.10. The Morgan fingerprint density at radius 1 is 1.78 bits per heavy atom. The Labute approximate surface area is 54.4 Å². The maximum atomic E-state index is 10.1. The van der Waals surface area contributed by atoms with E-state index in [4.69, 9.17) is 6.57 Å². The van der Waals surface area contributed by atoms with Crippen molar-refractivity contribution in [2.75, 3.05) is 13.2 Å². The summed E-state index contributed by atoms with van der Waals surface area (Å²) in [5, 5.41) is 0. The van der Waals surface area contributed by atoms with Crippen molar-refractivity contribution in [3.63, 3.8) is 0 Å². The van der Waals surface area contributed by atoms with E-state index < -0.39 is 0 Å². The minimum absolute atomic E-state index is 0.278. The van der Waals surface area contributed by atoms with Crippen molar-refractivity contribution in [3.05, 3.63) is 11.4 Å². The van der Waals surface area contributed by atoms with E-state index in [1.165, 1.54) is 6.92 Å². The molecule has 0 bridgehead atoms. The van der Waals surface area contributed by atoms with Crippen LogP contribution in [0.4, 0.5) is 0 Å². The number of ether oxygens (including phenoxy) is 1. The van der Waals surface area contributed by atoms with Gasteiger partial charge in [-0.1, -0.05) is 0 Å². The summed E-state index contributed by atoms with van der Waals surface area (Å²) in [5.74, 6) is -0.278. The zero-order valence-corrected chi connectivity index (χ0v) is 5.39. The van der Waals surface area contributed by atoms with Gasteiger partial charge >= 0.3 is 5.97 Å². The molecule has 3 nitrogen and oxygen atoms in total. The molecule has 0 fully saturated rings. The second-order valence-corrected chi connectivity index (χ2v) is 1.58. The van der Waals surface area contributed by atoms with Crippen molar-refractivity contribution in [3.8, 4) is 0 Å². The van der Waals surface area contributed by atoms with Gasteiger partial charge in [0.15, 0.2) is 0 Å². The van der Waals surface area contributed by atoms with Gasteiger partial charge in [-0.15, -0.1) is 0 Å². The average molecular weight is 127 g/mol. The third-order valence-corrected chi connectivity index (χ3v) is 0.720. The normalized spacial score (nSPS) is 8.00. The number of nitrogens with zero attached hydrogens (tertiary/aromatic N) is 1. The summed E-state index contributed by atoms with van der Waals surface area (Å²) in [4.78, 5) is 13.2. The summed E-state index contributed by atoms with van der Waals surface area (Å²) in [5.41, 5.74) is 0. The molecule has 0 atom stereocenters. The zero-order chi connectivity index (χ0) is 7.11. The monoisotopic (exact) mass is 127 g/mol. The van der Waals surface area contributed by atoms with E-state index in [0.29, 0.717) is 19.6 Å². The van der Waals surface area contributed by atoms with E-state index in [-0.39, 0.29) is 5.97 Å². The maximum absolute atomic E-state index is 10.1. The number of hydrogen-bond donors (Lipinski definition) is 0. The van der Waals surface area contributed by atoms with Gasteiger partial charge in [0.1, 0.15) is 0 Å². The van der Waals surface area contributed by atoms with Crippen molar-refractivity contribution in [1.29, 1.82) is 0 Å². The molecule has 50 valence electrons. The summed E-state index contributed by atoms with van der Waals surface area (Å²) in [6, 6.07) is 0. The van der Waals surface area contributed by atoms with Crippen LogP contribution < -0.4 is 0 Å². The Hall–Kier alpha value is -1.04. The fourth-order valence-corrected chi connectivity index (χ4v) is 0.360. The maximum Gasteiger partial charge on any atom is 0.302 e. The first-order valence-corrected chi connectivity index (χ1v) is 2.74. The summed E-state index contributed by atoms with van der Waals surface area (Å²) >= 11 is 0. The Balaban J connectivity index is 2.94. The lowest BCUT2D eigenvalue weighted by Gasteiger charge is -1.94. The lowest BCUT2D eigenvalue weighted by Crippen LogP contribution is -2.00. The molecule has 0 saturated carbocycles. The van der Waals surface area contributed by atoms with Crippen LogP contribution in [0.2, 0.25) is 0 Å². The summed E-state index contributed by atoms with van der Waals surface area (Å²) < 4.78 is 4.56. The van der Waals surface area contributed by atoms with E-state index in [0.717, 1.165) is 0 Å². The number of carbonyl (C=O) groups excluding carboxylic acids is 1. The van der Waals surface area contributed by atoms with Crippen molar-refractivity contribution in [2.24, 2.45) is 0 Å². The Kier molecular flexibility index (Phi) is 4.51. The van der Waals surface area contributed by atoms with Crippen molar-refractivity contribution in [1.82, 2.24) is 0 Å². The highest BCUT2D eigenvalue weighted by molar-refractivity contribution is 5.65. The van der Waals surface area contributed by atoms with Crippen LogP contribution in [0.15, 0.2) is 0 Å². The molecular formula is C6H9NO2. The van der Waals surface area contributed by atoms with Gasteiger partial charge in [0.2, 0.25) is 6.54 Å². The minimum Gasteiger partial charge on any atom is -0.466 e. The first-order valence-electron chi connectivity index (χ1n) is 2.74. The molecule has 0 aliphatic rings. The topological polar surface area (TPSA) is 30.7 Å².